The second-order valence-electron chi connectivity index (χ2n) is 9.18. The topological polar surface area (TPSA) is 76.5 Å². The lowest BCUT2D eigenvalue weighted by molar-refractivity contribution is -0.0355. The van der Waals surface area contributed by atoms with Crippen molar-refractivity contribution in [2.75, 3.05) is 12.4 Å². The number of methoxy groups -OCH3 is 1. The minimum atomic E-state index is -1.19. The number of aliphatic hydroxyl groups is 1. The smallest absolute Gasteiger partial charge is 0.141 e. The van der Waals surface area contributed by atoms with Crippen molar-refractivity contribution in [1.29, 1.82) is 0 Å². The summed E-state index contributed by atoms with van der Waals surface area (Å²) in [6.45, 7) is 5.55. The van der Waals surface area contributed by atoms with Gasteiger partial charge in [0, 0.05) is 30.2 Å². The molecule has 2 N–H and O–H groups in total. The van der Waals surface area contributed by atoms with Crippen molar-refractivity contribution in [3.63, 3.8) is 0 Å². The Labute approximate surface area is 206 Å². The molecule has 0 radical (unpaired) electrons. The van der Waals surface area contributed by atoms with Crippen molar-refractivity contribution in [1.82, 2.24) is 9.97 Å². The van der Waals surface area contributed by atoms with Crippen LogP contribution >= 0.6 is 0 Å². The van der Waals surface area contributed by atoms with Crippen molar-refractivity contribution < 1.29 is 14.6 Å². The molecule has 1 unspecified atom stereocenters. The highest BCUT2D eigenvalue weighted by Gasteiger charge is 2.28. The SMILES string of the molecule is COC(C)(C)CC(C)(O)C#Cc1ccc2ncnc(Nc3ccc(Oc4ccccc4)cc3)c2c1. The van der Waals surface area contributed by atoms with Crippen LogP contribution in [0, 0.1) is 11.8 Å². The number of ether oxygens (including phenoxy) is 2. The van der Waals surface area contributed by atoms with E-state index in [-0.39, 0.29) is 0 Å². The summed E-state index contributed by atoms with van der Waals surface area (Å²) >= 11 is 0. The first-order valence-electron chi connectivity index (χ1n) is 11.4. The summed E-state index contributed by atoms with van der Waals surface area (Å²) in [6, 6.07) is 23.0. The van der Waals surface area contributed by atoms with Gasteiger partial charge in [-0.2, -0.15) is 0 Å². The summed E-state index contributed by atoms with van der Waals surface area (Å²) in [4.78, 5) is 8.80. The zero-order valence-electron chi connectivity index (χ0n) is 20.4. The predicted molar refractivity (Wildman–Crippen MR) is 139 cm³/mol. The summed E-state index contributed by atoms with van der Waals surface area (Å²) < 4.78 is 11.3. The third-order valence-corrected chi connectivity index (χ3v) is 5.53. The van der Waals surface area contributed by atoms with E-state index < -0.39 is 11.2 Å². The molecule has 0 saturated carbocycles. The van der Waals surface area contributed by atoms with Crippen LogP contribution in [-0.2, 0) is 4.74 Å². The van der Waals surface area contributed by atoms with E-state index in [9.17, 15) is 5.11 Å². The van der Waals surface area contributed by atoms with E-state index in [4.69, 9.17) is 9.47 Å². The summed E-state index contributed by atoms with van der Waals surface area (Å²) in [5, 5.41) is 14.9. The molecule has 35 heavy (non-hydrogen) atoms. The minimum absolute atomic E-state index is 0.386. The molecule has 1 heterocycles. The predicted octanol–water partition coefficient (Wildman–Crippen LogP) is 6.08. The highest BCUT2D eigenvalue weighted by Crippen LogP contribution is 2.27. The van der Waals surface area contributed by atoms with Gasteiger partial charge in [0.1, 0.15) is 29.2 Å². The van der Waals surface area contributed by atoms with Gasteiger partial charge in [-0.3, -0.25) is 0 Å². The Hall–Kier alpha value is -3.92. The van der Waals surface area contributed by atoms with Crippen molar-refractivity contribution in [3.8, 4) is 23.3 Å². The van der Waals surface area contributed by atoms with Crippen molar-refractivity contribution in [2.45, 2.75) is 38.4 Å². The van der Waals surface area contributed by atoms with Gasteiger partial charge >= 0.3 is 0 Å². The molecule has 6 nitrogen and oxygen atoms in total. The molecule has 0 bridgehead atoms. The number of hydrogen-bond acceptors (Lipinski definition) is 6. The molecule has 1 atom stereocenters. The van der Waals surface area contributed by atoms with Gasteiger partial charge in [0.25, 0.3) is 0 Å². The molecular formula is C29H29N3O3. The monoisotopic (exact) mass is 467 g/mol. The first kappa shape index (κ1) is 24.2. The molecule has 6 heteroatoms. The molecule has 0 aliphatic rings. The fourth-order valence-electron chi connectivity index (χ4n) is 3.75. The molecule has 0 spiro atoms. The van der Waals surface area contributed by atoms with E-state index >= 15 is 0 Å². The minimum Gasteiger partial charge on any atom is -0.457 e. The Morgan fingerprint density at radius 2 is 1.63 bits per heavy atom. The molecule has 0 saturated heterocycles. The van der Waals surface area contributed by atoms with Crippen molar-refractivity contribution in [2.24, 2.45) is 0 Å². The Bertz CT molecular complexity index is 1360. The van der Waals surface area contributed by atoms with Crippen LogP contribution in [0.2, 0.25) is 0 Å². The van der Waals surface area contributed by atoms with Crippen LogP contribution in [0.3, 0.4) is 0 Å². The number of nitrogens with one attached hydrogen (secondary N) is 1. The van der Waals surface area contributed by atoms with Gasteiger partial charge in [-0.1, -0.05) is 30.0 Å². The summed E-state index contributed by atoms with van der Waals surface area (Å²) in [5.74, 6) is 8.27. The fourth-order valence-corrected chi connectivity index (χ4v) is 3.75. The van der Waals surface area contributed by atoms with E-state index in [2.05, 4.69) is 27.1 Å². The lowest BCUT2D eigenvalue weighted by Crippen LogP contribution is -2.35. The van der Waals surface area contributed by atoms with E-state index in [1.807, 2.05) is 86.6 Å². The van der Waals surface area contributed by atoms with E-state index in [1.54, 1.807) is 14.0 Å². The van der Waals surface area contributed by atoms with Crippen molar-refractivity contribution in [3.05, 3.63) is 84.7 Å². The second kappa shape index (κ2) is 10.1. The largest absolute Gasteiger partial charge is 0.457 e. The highest BCUT2D eigenvalue weighted by atomic mass is 16.5. The van der Waals surface area contributed by atoms with Gasteiger partial charge in [-0.25, -0.2) is 9.97 Å². The van der Waals surface area contributed by atoms with E-state index in [0.717, 1.165) is 33.7 Å². The zero-order valence-corrected chi connectivity index (χ0v) is 20.4. The molecule has 178 valence electrons. The van der Waals surface area contributed by atoms with Crippen LogP contribution in [0.25, 0.3) is 10.9 Å². The molecule has 0 aliphatic carbocycles. The molecule has 4 aromatic rings. The quantitative estimate of drug-likeness (QED) is 0.321. The molecule has 0 aliphatic heterocycles. The molecule has 3 aromatic carbocycles. The number of para-hydroxylation sites is 1. The first-order chi connectivity index (χ1) is 16.7. The molecule has 0 amide bonds. The Balaban J connectivity index is 1.54. The van der Waals surface area contributed by atoms with Gasteiger partial charge in [-0.15, -0.1) is 0 Å². The fraction of sp³-hybridized carbons (Fsp3) is 0.241. The first-order valence-corrected chi connectivity index (χ1v) is 11.4. The maximum absolute atomic E-state index is 10.7. The summed E-state index contributed by atoms with van der Waals surface area (Å²) in [6.07, 6.45) is 1.91. The van der Waals surface area contributed by atoms with Gasteiger partial charge in [0.2, 0.25) is 0 Å². The summed E-state index contributed by atoms with van der Waals surface area (Å²) in [5.41, 5.74) is 0.758. The maximum atomic E-state index is 10.7. The van der Waals surface area contributed by atoms with E-state index in [1.165, 1.54) is 6.33 Å². The second-order valence-corrected chi connectivity index (χ2v) is 9.18. The number of fused-ring (bicyclic) bond motifs is 1. The maximum Gasteiger partial charge on any atom is 0.141 e. The Morgan fingerprint density at radius 1 is 0.914 bits per heavy atom. The zero-order chi connectivity index (χ0) is 24.9. The average molecular weight is 468 g/mol. The number of nitrogens with zero attached hydrogens (tertiary/aromatic N) is 2. The van der Waals surface area contributed by atoms with Gasteiger partial charge in [0.05, 0.1) is 11.1 Å². The Morgan fingerprint density at radius 3 is 2.34 bits per heavy atom. The van der Waals surface area contributed by atoms with Crippen LogP contribution in [0.4, 0.5) is 11.5 Å². The van der Waals surface area contributed by atoms with Gasteiger partial charge < -0.3 is 19.9 Å². The van der Waals surface area contributed by atoms with Gasteiger partial charge in [0.15, 0.2) is 0 Å². The molecule has 4 rings (SSSR count). The Kier molecular flexibility index (Phi) is 7.02. The number of benzene rings is 3. The van der Waals surface area contributed by atoms with Crippen molar-refractivity contribution >= 4 is 22.4 Å². The average Bonchev–Trinajstić information content (AvgIpc) is 2.84. The third-order valence-electron chi connectivity index (χ3n) is 5.53. The van der Waals surface area contributed by atoms with Crippen LogP contribution in [0.15, 0.2) is 79.1 Å². The standard InChI is InChI=1S/C29H29N3O3/c1-28(2,34-4)19-29(3,33)17-16-21-10-15-26-25(18-21)27(31-20-30-26)32-22-11-13-24(14-12-22)35-23-8-6-5-7-9-23/h5-15,18,20,33H,19H2,1-4H3,(H,30,31,32). The molecule has 0 fully saturated rings. The van der Waals surface area contributed by atoms with Crippen LogP contribution < -0.4 is 10.1 Å². The third kappa shape index (κ3) is 6.57. The van der Waals surface area contributed by atoms with Gasteiger partial charge in [-0.05, 0) is 75.4 Å². The lowest BCUT2D eigenvalue weighted by atomic mass is 9.91. The highest BCUT2D eigenvalue weighted by molar-refractivity contribution is 5.91. The number of hydrogen-bond donors (Lipinski definition) is 2. The van der Waals surface area contributed by atoms with E-state index in [0.29, 0.717) is 12.2 Å². The number of aromatic nitrogens is 2. The molecule has 1 aromatic heterocycles. The lowest BCUT2D eigenvalue weighted by Gasteiger charge is -2.29. The van der Waals surface area contributed by atoms with Crippen LogP contribution in [-0.4, -0.2) is 33.4 Å². The van der Waals surface area contributed by atoms with Crippen LogP contribution in [0.1, 0.15) is 32.8 Å². The summed E-state index contributed by atoms with van der Waals surface area (Å²) in [7, 11) is 1.63. The normalized spacial score (nSPS) is 12.9. The number of anilines is 2. The number of rotatable bonds is 7. The molecular weight excluding hydrogens is 438 g/mol. The van der Waals surface area contributed by atoms with Crippen LogP contribution in [0.5, 0.6) is 11.5 Å².